The summed E-state index contributed by atoms with van der Waals surface area (Å²) in [5.41, 5.74) is -0.540. The number of nitrogens with one attached hydrogen (secondary N) is 2. The first-order chi connectivity index (χ1) is 12.2. The standard InChI is InChI=1S/C19H26N4O2S/c1-11-7-5-6-8-15(11)22-16(24)12(2)26-18-14(10-21)19(3,4)13(9-20)17(25)23-18/h11-13,15H,5-8H2,1-4H3,(H,22,24)(H,23,25)/t11-,12-,13+,15-/m1/s1. The summed E-state index contributed by atoms with van der Waals surface area (Å²) in [6.45, 7) is 7.36. The van der Waals surface area contributed by atoms with Crippen LogP contribution in [-0.4, -0.2) is 23.1 Å². The van der Waals surface area contributed by atoms with E-state index in [0.717, 1.165) is 19.3 Å². The van der Waals surface area contributed by atoms with Gasteiger partial charge in [0.1, 0.15) is 5.92 Å². The van der Waals surface area contributed by atoms with Gasteiger partial charge in [-0.1, -0.05) is 45.4 Å². The van der Waals surface area contributed by atoms with Crippen LogP contribution in [0.3, 0.4) is 0 Å². The predicted molar refractivity (Wildman–Crippen MR) is 100 cm³/mol. The molecule has 1 aliphatic heterocycles. The molecule has 0 aromatic rings. The van der Waals surface area contributed by atoms with Crippen molar-refractivity contribution >= 4 is 23.6 Å². The van der Waals surface area contributed by atoms with E-state index >= 15 is 0 Å². The van der Waals surface area contributed by atoms with Crippen molar-refractivity contribution in [3.8, 4) is 12.1 Å². The lowest BCUT2D eigenvalue weighted by molar-refractivity contribution is -0.125. The Morgan fingerprint density at radius 3 is 2.58 bits per heavy atom. The lowest BCUT2D eigenvalue weighted by atomic mass is 9.72. The second kappa shape index (κ2) is 8.14. The molecule has 0 saturated heterocycles. The fourth-order valence-electron chi connectivity index (χ4n) is 3.58. The molecule has 1 saturated carbocycles. The molecule has 1 aliphatic carbocycles. The van der Waals surface area contributed by atoms with Gasteiger partial charge in [-0.25, -0.2) is 0 Å². The first-order valence-electron chi connectivity index (χ1n) is 9.04. The molecule has 140 valence electrons. The lowest BCUT2D eigenvalue weighted by Crippen LogP contribution is -2.46. The zero-order chi connectivity index (χ0) is 19.5. The summed E-state index contributed by atoms with van der Waals surface area (Å²) in [5, 5.41) is 24.5. The fourth-order valence-corrected chi connectivity index (χ4v) is 4.69. The Hall–Kier alpha value is -1.99. The zero-order valence-corrected chi connectivity index (χ0v) is 16.6. The third-order valence-electron chi connectivity index (χ3n) is 5.44. The van der Waals surface area contributed by atoms with Crippen LogP contribution in [0.5, 0.6) is 0 Å². The van der Waals surface area contributed by atoms with E-state index in [0.29, 0.717) is 16.5 Å². The van der Waals surface area contributed by atoms with Gasteiger partial charge in [0.2, 0.25) is 11.8 Å². The van der Waals surface area contributed by atoms with Gasteiger partial charge in [0, 0.05) is 11.5 Å². The largest absolute Gasteiger partial charge is 0.352 e. The first-order valence-corrected chi connectivity index (χ1v) is 9.92. The van der Waals surface area contributed by atoms with Gasteiger partial charge in [-0.3, -0.25) is 9.59 Å². The monoisotopic (exact) mass is 374 g/mol. The average molecular weight is 375 g/mol. The van der Waals surface area contributed by atoms with E-state index in [-0.39, 0.29) is 11.9 Å². The number of carbonyl (C=O) groups is 2. The molecule has 2 amide bonds. The highest BCUT2D eigenvalue weighted by Gasteiger charge is 2.45. The van der Waals surface area contributed by atoms with Crippen LogP contribution in [0.15, 0.2) is 10.6 Å². The number of nitriles is 2. The normalized spacial score (nSPS) is 29.2. The van der Waals surface area contributed by atoms with Crippen molar-refractivity contribution in [2.75, 3.05) is 0 Å². The van der Waals surface area contributed by atoms with E-state index in [2.05, 4.69) is 23.6 Å². The number of amides is 2. The second-order valence-corrected chi connectivity index (χ2v) is 9.08. The number of carbonyl (C=O) groups excluding carboxylic acids is 2. The Balaban J connectivity index is 2.14. The molecular formula is C19H26N4O2S. The van der Waals surface area contributed by atoms with Crippen molar-refractivity contribution in [3.63, 3.8) is 0 Å². The summed E-state index contributed by atoms with van der Waals surface area (Å²) < 4.78 is 0. The number of thioether (sulfide) groups is 1. The first kappa shape index (κ1) is 20.3. The topological polar surface area (TPSA) is 106 Å². The maximum atomic E-state index is 12.6. The Bertz CT molecular complexity index is 701. The van der Waals surface area contributed by atoms with Gasteiger partial charge < -0.3 is 10.6 Å². The van der Waals surface area contributed by atoms with Crippen LogP contribution in [0, 0.1) is 39.9 Å². The Morgan fingerprint density at radius 2 is 2.00 bits per heavy atom. The molecule has 1 fully saturated rings. The maximum absolute atomic E-state index is 12.6. The summed E-state index contributed by atoms with van der Waals surface area (Å²) >= 11 is 1.17. The van der Waals surface area contributed by atoms with Crippen LogP contribution in [0.25, 0.3) is 0 Å². The van der Waals surface area contributed by atoms with Gasteiger partial charge in [0.25, 0.3) is 0 Å². The molecule has 1 heterocycles. The number of allylic oxidation sites excluding steroid dienone is 1. The van der Waals surface area contributed by atoms with Gasteiger partial charge in [0.05, 0.1) is 28.0 Å². The Labute approximate surface area is 159 Å². The van der Waals surface area contributed by atoms with Gasteiger partial charge in [0.15, 0.2) is 0 Å². The minimum absolute atomic E-state index is 0.0898. The summed E-state index contributed by atoms with van der Waals surface area (Å²) in [5.74, 6) is -0.974. The number of hydrogen-bond donors (Lipinski definition) is 2. The van der Waals surface area contributed by atoms with Crippen LogP contribution in [-0.2, 0) is 9.59 Å². The molecule has 0 spiro atoms. The molecule has 2 aliphatic rings. The van der Waals surface area contributed by atoms with Gasteiger partial charge in [-0.2, -0.15) is 10.5 Å². The average Bonchev–Trinajstić information content (AvgIpc) is 2.56. The highest BCUT2D eigenvalue weighted by Crippen LogP contribution is 2.42. The van der Waals surface area contributed by atoms with Crippen LogP contribution in [0.2, 0.25) is 0 Å². The molecule has 0 bridgehead atoms. The molecule has 26 heavy (non-hydrogen) atoms. The van der Waals surface area contributed by atoms with Gasteiger partial charge in [-0.05, 0) is 25.7 Å². The summed E-state index contributed by atoms with van der Waals surface area (Å²) in [6.07, 6.45) is 4.44. The predicted octanol–water partition coefficient (Wildman–Crippen LogP) is 2.83. The molecule has 4 atom stereocenters. The molecule has 0 unspecified atom stereocenters. The quantitative estimate of drug-likeness (QED) is 0.787. The van der Waals surface area contributed by atoms with Gasteiger partial charge >= 0.3 is 0 Å². The van der Waals surface area contributed by atoms with Gasteiger partial charge in [-0.15, -0.1) is 0 Å². The van der Waals surface area contributed by atoms with Crippen LogP contribution >= 0.6 is 11.8 Å². The molecule has 0 aromatic carbocycles. The van der Waals surface area contributed by atoms with E-state index < -0.39 is 22.5 Å². The van der Waals surface area contributed by atoms with Crippen LogP contribution < -0.4 is 10.6 Å². The third-order valence-corrected chi connectivity index (χ3v) is 6.55. The van der Waals surface area contributed by atoms with Crippen molar-refractivity contribution in [1.29, 1.82) is 10.5 Å². The third kappa shape index (κ3) is 4.04. The van der Waals surface area contributed by atoms with E-state index in [1.165, 1.54) is 18.2 Å². The smallest absolute Gasteiger partial charge is 0.243 e. The Kier molecular flexibility index (Phi) is 6.36. The number of nitrogens with zero attached hydrogens (tertiary/aromatic N) is 2. The molecule has 6 nitrogen and oxygen atoms in total. The maximum Gasteiger partial charge on any atom is 0.243 e. The molecular weight excluding hydrogens is 348 g/mol. The van der Waals surface area contributed by atoms with E-state index in [9.17, 15) is 20.1 Å². The Morgan fingerprint density at radius 1 is 1.35 bits per heavy atom. The SMILES string of the molecule is C[C@@H]1CCCC[C@H]1NC(=O)[C@@H](C)SC1=C(C#N)C(C)(C)[C@@H](C#N)C(=O)N1. The molecule has 2 N–H and O–H groups in total. The molecule has 7 heteroatoms. The number of rotatable bonds is 4. The highest BCUT2D eigenvalue weighted by atomic mass is 32.2. The molecule has 2 rings (SSSR count). The molecule has 0 aromatic heterocycles. The summed E-state index contributed by atoms with van der Waals surface area (Å²) in [7, 11) is 0. The van der Waals surface area contributed by atoms with Crippen molar-refractivity contribution < 1.29 is 9.59 Å². The van der Waals surface area contributed by atoms with E-state index in [1.807, 2.05) is 6.07 Å². The van der Waals surface area contributed by atoms with Crippen molar-refractivity contribution in [2.45, 2.75) is 64.7 Å². The van der Waals surface area contributed by atoms with Crippen molar-refractivity contribution in [1.82, 2.24) is 10.6 Å². The molecule has 0 radical (unpaired) electrons. The fraction of sp³-hybridized carbons (Fsp3) is 0.684. The highest BCUT2D eigenvalue weighted by molar-refractivity contribution is 8.04. The lowest BCUT2D eigenvalue weighted by Gasteiger charge is -2.35. The second-order valence-electron chi connectivity index (χ2n) is 7.73. The zero-order valence-electron chi connectivity index (χ0n) is 15.8. The minimum Gasteiger partial charge on any atom is -0.352 e. The van der Waals surface area contributed by atoms with Crippen LogP contribution in [0.1, 0.15) is 53.4 Å². The van der Waals surface area contributed by atoms with E-state index in [4.69, 9.17) is 0 Å². The van der Waals surface area contributed by atoms with Crippen molar-refractivity contribution in [3.05, 3.63) is 10.6 Å². The minimum atomic E-state index is -0.922. The summed E-state index contributed by atoms with van der Waals surface area (Å²) in [6, 6.07) is 4.29. The number of hydrogen-bond acceptors (Lipinski definition) is 5. The van der Waals surface area contributed by atoms with Crippen LogP contribution in [0.4, 0.5) is 0 Å². The van der Waals surface area contributed by atoms with Crippen molar-refractivity contribution in [2.24, 2.45) is 17.3 Å². The summed E-state index contributed by atoms with van der Waals surface area (Å²) in [4.78, 5) is 24.8. The van der Waals surface area contributed by atoms with E-state index in [1.54, 1.807) is 20.8 Å².